The van der Waals surface area contributed by atoms with Crippen molar-refractivity contribution >= 4 is 39.5 Å². The summed E-state index contributed by atoms with van der Waals surface area (Å²) in [5, 5.41) is 2.76. The number of fused-ring (bicyclic) bond motifs is 1. The van der Waals surface area contributed by atoms with E-state index in [4.69, 9.17) is 4.98 Å². The Kier molecular flexibility index (Phi) is 7.93. The summed E-state index contributed by atoms with van der Waals surface area (Å²) in [7, 11) is 0. The fraction of sp³-hybridized carbons (Fsp3) is 0.682. The number of carbonyl (C=O) groups excluding carboxylic acids is 1. The summed E-state index contributed by atoms with van der Waals surface area (Å²) in [5.41, 5.74) is 0.735. The molecular formula is C22H35FN4OSn. The third-order valence-electron chi connectivity index (χ3n) is 6.21. The molecule has 2 aromatic heterocycles. The van der Waals surface area contributed by atoms with E-state index in [1.54, 1.807) is 0 Å². The standard InChI is InChI=1S/C10H8FN4O.3C4H9.Sn/c11-7-3-6(7)10(16)14-8-5-15-2-1-12-4-9(15)13-8;3*1-3-4-2;/h2,4-7H,3H2,(H,14,16);3*1,3-4H2,2H3;/t6-,7+;;;;/m1..../s1. The number of hydrogen-bond acceptors (Lipinski definition) is 3. The predicted molar refractivity (Wildman–Crippen MR) is 119 cm³/mol. The minimum absolute atomic E-state index is 0.267. The summed E-state index contributed by atoms with van der Waals surface area (Å²) in [6.45, 7) is 6.83. The van der Waals surface area contributed by atoms with Gasteiger partial charge in [0.1, 0.15) is 0 Å². The molecule has 1 fully saturated rings. The summed E-state index contributed by atoms with van der Waals surface area (Å²) in [6.07, 6.45) is 12.8. The number of aromatic nitrogens is 3. The van der Waals surface area contributed by atoms with Crippen molar-refractivity contribution in [1.29, 1.82) is 0 Å². The van der Waals surface area contributed by atoms with Crippen LogP contribution < -0.4 is 9.03 Å². The molecule has 1 aliphatic carbocycles. The van der Waals surface area contributed by atoms with Gasteiger partial charge in [-0.1, -0.05) is 0 Å². The van der Waals surface area contributed by atoms with Crippen LogP contribution >= 0.6 is 0 Å². The second-order valence-electron chi connectivity index (χ2n) is 8.60. The van der Waals surface area contributed by atoms with Gasteiger partial charge in [-0.25, -0.2) is 0 Å². The molecule has 7 heteroatoms. The van der Waals surface area contributed by atoms with E-state index < -0.39 is 30.5 Å². The van der Waals surface area contributed by atoms with Gasteiger partial charge in [0.25, 0.3) is 0 Å². The average Bonchev–Trinajstić information content (AvgIpc) is 3.32. The van der Waals surface area contributed by atoms with Crippen LogP contribution in [0.2, 0.25) is 13.3 Å². The van der Waals surface area contributed by atoms with Gasteiger partial charge in [0, 0.05) is 0 Å². The molecule has 0 spiro atoms. The molecule has 2 aromatic rings. The number of hydrogen-bond donors (Lipinski definition) is 1. The van der Waals surface area contributed by atoms with Crippen LogP contribution in [0.3, 0.4) is 0 Å². The van der Waals surface area contributed by atoms with Crippen molar-refractivity contribution < 1.29 is 9.18 Å². The fourth-order valence-corrected chi connectivity index (χ4v) is 19.5. The van der Waals surface area contributed by atoms with E-state index in [0.717, 1.165) is 5.65 Å². The number of amides is 1. The van der Waals surface area contributed by atoms with Crippen molar-refractivity contribution in [2.45, 2.75) is 85.2 Å². The van der Waals surface area contributed by atoms with Gasteiger partial charge in [0.15, 0.2) is 0 Å². The van der Waals surface area contributed by atoms with E-state index in [-0.39, 0.29) is 5.91 Å². The molecule has 1 N–H and O–H groups in total. The minimum atomic E-state index is -2.60. The second kappa shape index (κ2) is 10.2. The predicted octanol–water partition coefficient (Wildman–Crippen LogP) is 5.08. The Balaban J connectivity index is 1.87. The molecule has 0 unspecified atom stereocenters. The molecule has 5 nitrogen and oxygen atoms in total. The van der Waals surface area contributed by atoms with Crippen LogP contribution in [0.4, 0.5) is 10.2 Å². The Morgan fingerprint density at radius 1 is 1.14 bits per heavy atom. The number of nitrogens with zero attached hydrogens (tertiary/aromatic N) is 3. The van der Waals surface area contributed by atoms with Crippen LogP contribution in [0.15, 0.2) is 18.6 Å². The molecule has 3 rings (SSSR count). The van der Waals surface area contributed by atoms with Gasteiger partial charge in [-0.05, 0) is 0 Å². The van der Waals surface area contributed by atoms with Crippen LogP contribution in [0.25, 0.3) is 5.65 Å². The molecular weight excluding hydrogens is 474 g/mol. The van der Waals surface area contributed by atoms with E-state index in [1.165, 1.54) is 55.5 Å². The number of nitrogens with one attached hydrogen (secondary N) is 1. The zero-order valence-corrected chi connectivity index (χ0v) is 20.9. The van der Waals surface area contributed by atoms with E-state index >= 15 is 0 Å². The molecule has 0 aliphatic heterocycles. The number of unbranched alkanes of at least 4 members (excludes halogenated alkanes) is 3. The van der Waals surface area contributed by atoms with Crippen molar-refractivity contribution in [3.63, 3.8) is 0 Å². The Hall–Kier alpha value is -1.18. The molecule has 0 aromatic carbocycles. The average molecular weight is 509 g/mol. The Morgan fingerprint density at radius 2 is 1.72 bits per heavy atom. The van der Waals surface area contributed by atoms with Gasteiger partial charge < -0.3 is 0 Å². The van der Waals surface area contributed by atoms with Crippen LogP contribution in [-0.2, 0) is 4.79 Å². The van der Waals surface area contributed by atoms with Gasteiger partial charge in [-0.15, -0.1) is 0 Å². The van der Waals surface area contributed by atoms with E-state index in [0.29, 0.717) is 12.2 Å². The van der Waals surface area contributed by atoms with Gasteiger partial charge >= 0.3 is 178 Å². The molecule has 0 saturated heterocycles. The number of carbonyl (C=O) groups is 1. The zero-order chi connectivity index (χ0) is 20.9. The van der Waals surface area contributed by atoms with Crippen molar-refractivity contribution in [2.75, 3.05) is 5.32 Å². The Bertz CT molecular complexity index is 802. The molecule has 2 heterocycles. The molecule has 2 atom stereocenters. The summed E-state index contributed by atoms with van der Waals surface area (Å²) >= 11 is -2.60. The zero-order valence-electron chi connectivity index (χ0n) is 18.1. The van der Waals surface area contributed by atoms with E-state index in [9.17, 15) is 9.18 Å². The summed E-state index contributed by atoms with van der Waals surface area (Å²) in [5.74, 6) is -0.282. The quantitative estimate of drug-likeness (QED) is 0.406. The first-order valence-corrected chi connectivity index (χ1v) is 18.8. The van der Waals surface area contributed by atoms with Crippen molar-refractivity contribution in [1.82, 2.24) is 14.4 Å². The molecule has 1 saturated carbocycles. The molecule has 160 valence electrons. The number of anilines is 1. The Labute approximate surface area is 177 Å². The van der Waals surface area contributed by atoms with Crippen molar-refractivity contribution in [2.24, 2.45) is 5.92 Å². The SMILES string of the molecule is CCC[CH2][Sn]([CH2]CCC)([CH2]CCC)[c]1cn2cc(NC(=O)[C@@H]3C[C@@H]3F)nc2cn1. The molecule has 29 heavy (non-hydrogen) atoms. The van der Waals surface area contributed by atoms with E-state index in [2.05, 4.69) is 37.3 Å². The summed E-state index contributed by atoms with van der Waals surface area (Å²) in [4.78, 5) is 21.4. The number of alkyl halides is 1. The third-order valence-corrected chi connectivity index (χ3v) is 21.3. The normalized spacial score (nSPS) is 18.9. The molecule has 1 aliphatic rings. The van der Waals surface area contributed by atoms with Crippen molar-refractivity contribution in [3.05, 3.63) is 18.6 Å². The van der Waals surface area contributed by atoms with Gasteiger partial charge in [0.05, 0.1) is 0 Å². The summed E-state index contributed by atoms with van der Waals surface area (Å²) < 4.78 is 20.6. The fourth-order valence-electron chi connectivity index (χ4n) is 4.19. The van der Waals surface area contributed by atoms with Gasteiger partial charge in [-0.2, -0.15) is 0 Å². The topological polar surface area (TPSA) is 59.3 Å². The van der Waals surface area contributed by atoms with Crippen molar-refractivity contribution in [3.8, 4) is 0 Å². The van der Waals surface area contributed by atoms with Crippen LogP contribution in [-0.4, -0.2) is 44.8 Å². The first kappa shape index (κ1) is 22.5. The molecule has 1 amide bonds. The van der Waals surface area contributed by atoms with Gasteiger partial charge in [0.2, 0.25) is 0 Å². The first-order chi connectivity index (χ1) is 14.0. The van der Waals surface area contributed by atoms with Crippen LogP contribution in [0, 0.1) is 5.92 Å². The maximum atomic E-state index is 13.1. The van der Waals surface area contributed by atoms with E-state index in [1.807, 2.05) is 16.8 Å². The number of imidazole rings is 1. The monoisotopic (exact) mass is 510 g/mol. The first-order valence-electron chi connectivity index (χ1n) is 11.3. The maximum absolute atomic E-state index is 13.1. The van der Waals surface area contributed by atoms with Gasteiger partial charge in [-0.3, -0.25) is 0 Å². The third kappa shape index (κ3) is 5.50. The molecule has 0 bridgehead atoms. The summed E-state index contributed by atoms with van der Waals surface area (Å²) in [6, 6.07) is 0. The van der Waals surface area contributed by atoms with Crippen LogP contribution in [0.5, 0.6) is 0 Å². The number of rotatable bonds is 12. The second-order valence-corrected chi connectivity index (χ2v) is 21.7. The Morgan fingerprint density at radius 3 is 2.24 bits per heavy atom. The molecule has 0 radical (unpaired) electrons. The number of halogens is 1. The van der Waals surface area contributed by atoms with Crippen LogP contribution in [0.1, 0.15) is 65.7 Å².